The summed E-state index contributed by atoms with van der Waals surface area (Å²) in [4.78, 5) is 15.0. The molecule has 4 rings (SSSR count). The molecule has 6 nitrogen and oxygen atoms in total. The molecule has 32 heavy (non-hydrogen) atoms. The van der Waals surface area contributed by atoms with Gasteiger partial charge in [-0.3, -0.25) is 4.79 Å². The lowest BCUT2D eigenvalue weighted by Crippen LogP contribution is -2.33. The summed E-state index contributed by atoms with van der Waals surface area (Å²) in [5.41, 5.74) is 1.06. The number of ether oxygens (including phenoxy) is 1. The summed E-state index contributed by atoms with van der Waals surface area (Å²) in [6.07, 6.45) is 3.68. The van der Waals surface area contributed by atoms with Gasteiger partial charge in [0.15, 0.2) is 0 Å². The number of anilines is 1. The molecule has 0 aliphatic heterocycles. The normalized spacial score (nSPS) is 14.6. The van der Waals surface area contributed by atoms with E-state index in [0.29, 0.717) is 12.1 Å². The Balaban J connectivity index is 1.68. The minimum Gasteiger partial charge on any atom is -0.495 e. The standard InChI is InChI=1S/C25H28N2O4S/c1-3-27(22-14-12-18-8-4-5-9-19(18)16-22)25(28)20-13-15-23(31-2)24(17-20)32(29,30)26-21-10-6-7-11-21/h4-5,8-9,12-17,21,26H,3,6-7,10-11H2,1-2H3. The molecule has 3 aromatic rings. The number of carbonyl (C=O) groups is 1. The highest BCUT2D eigenvalue weighted by Crippen LogP contribution is 2.29. The van der Waals surface area contributed by atoms with Gasteiger partial charge in [0.25, 0.3) is 5.91 Å². The number of fused-ring (bicyclic) bond motifs is 1. The van der Waals surface area contributed by atoms with E-state index in [1.54, 1.807) is 17.0 Å². The molecule has 0 unspecified atom stereocenters. The Hall–Kier alpha value is -2.90. The van der Waals surface area contributed by atoms with Crippen molar-refractivity contribution in [2.75, 3.05) is 18.6 Å². The number of amides is 1. The van der Waals surface area contributed by atoms with E-state index >= 15 is 0 Å². The summed E-state index contributed by atoms with van der Waals surface area (Å²) < 4.78 is 34.2. The zero-order valence-electron chi connectivity index (χ0n) is 18.4. The van der Waals surface area contributed by atoms with E-state index in [4.69, 9.17) is 4.74 Å². The maximum atomic E-state index is 13.4. The lowest BCUT2D eigenvalue weighted by molar-refractivity contribution is 0.0988. The molecule has 1 saturated carbocycles. The fourth-order valence-electron chi connectivity index (χ4n) is 4.29. The third kappa shape index (κ3) is 4.49. The number of sulfonamides is 1. The Morgan fingerprint density at radius 3 is 2.44 bits per heavy atom. The van der Waals surface area contributed by atoms with Crippen molar-refractivity contribution in [1.29, 1.82) is 0 Å². The van der Waals surface area contributed by atoms with Crippen molar-refractivity contribution in [1.82, 2.24) is 4.72 Å². The number of carbonyl (C=O) groups excluding carboxylic acids is 1. The molecule has 1 aliphatic carbocycles. The lowest BCUT2D eigenvalue weighted by Gasteiger charge is -2.22. The van der Waals surface area contributed by atoms with Crippen molar-refractivity contribution in [3.05, 3.63) is 66.2 Å². The molecule has 3 aromatic carbocycles. The maximum Gasteiger partial charge on any atom is 0.258 e. The predicted molar refractivity (Wildman–Crippen MR) is 127 cm³/mol. The van der Waals surface area contributed by atoms with Gasteiger partial charge < -0.3 is 9.64 Å². The SMILES string of the molecule is CCN(C(=O)c1ccc(OC)c(S(=O)(=O)NC2CCCC2)c1)c1ccc2ccccc2c1. The van der Waals surface area contributed by atoms with Crippen LogP contribution in [-0.2, 0) is 10.0 Å². The molecule has 0 spiro atoms. The van der Waals surface area contributed by atoms with Gasteiger partial charge >= 0.3 is 0 Å². The Morgan fingerprint density at radius 2 is 1.75 bits per heavy atom. The monoisotopic (exact) mass is 452 g/mol. The van der Waals surface area contributed by atoms with Crippen LogP contribution < -0.4 is 14.4 Å². The topological polar surface area (TPSA) is 75.7 Å². The van der Waals surface area contributed by atoms with Gasteiger partial charge in [0.2, 0.25) is 10.0 Å². The molecule has 1 fully saturated rings. The highest BCUT2D eigenvalue weighted by Gasteiger charge is 2.27. The second-order valence-corrected chi connectivity index (χ2v) is 9.73. The molecule has 0 saturated heterocycles. The molecule has 1 N–H and O–H groups in total. The van der Waals surface area contributed by atoms with E-state index in [1.165, 1.54) is 13.2 Å². The second-order valence-electron chi connectivity index (χ2n) is 8.05. The highest BCUT2D eigenvalue weighted by molar-refractivity contribution is 7.89. The fourth-order valence-corrected chi connectivity index (χ4v) is 5.79. The van der Waals surface area contributed by atoms with Crippen LogP contribution in [0.5, 0.6) is 5.75 Å². The zero-order valence-corrected chi connectivity index (χ0v) is 19.2. The van der Waals surface area contributed by atoms with E-state index in [1.807, 2.05) is 49.4 Å². The second kappa shape index (κ2) is 9.30. The average molecular weight is 453 g/mol. The van der Waals surface area contributed by atoms with Crippen LogP contribution in [0.25, 0.3) is 10.8 Å². The van der Waals surface area contributed by atoms with Gasteiger partial charge in [-0.1, -0.05) is 43.2 Å². The molecule has 0 aromatic heterocycles. The van der Waals surface area contributed by atoms with Crippen molar-refractivity contribution in [2.45, 2.75) is 43.5 Å². The van der Waals surface area contributed by atoms with Crippen LogP contribution in [0.4, 0.5) is 5.69 Å². The number of nitrogens with zero attached hydrogens (tertiary/aromatic N) is 1. The van der Waals surface area contributed by atoms with E-state index in [-0.39, 0.29) is 22.6 Å². The average Bonchev–Trinajstić information content (AvgIpc) is 3.31. The van der Waals surface area contributed by atoms with Crippen LogP contribution in [0.1, 0.15) is 43.0 Å². The van der Waals surface area contributed by atoms with Gasteiger partial charge in [0, 0.05) is 23.8 Å². The Kier molecular flexibility index (Phi) is 6.48. The Labute approximate surface area is 189 Å². The van der Waals surface area contributed by atoms with E-state index in [9.17, 15) is 13.2 Å². The summed E-state index contributed by atoms with van der Waals surface area (Å²) in [5, 5.41) is 2.13. The van der Waals surface area contributed by atoms with Gasteiger partial charge in [-0.2, -0.15) is 0 Å². The maximum absolute atomic E-state index is 13.4. The first-order chi connectivity index (χ1) is 15.4. The first-order valence-corrected chi connectivity index (χ1v) is 12.4. The fraction of sp³-hybridized carbons (Fsp3) is 0.320. The van der Waals surface area contributed by atoms with Crippen molar-refractivity contribution in [3.8, 4) is 5.75 Å². The molecule has 168 valence electrons. The van der Waals surface area contributed by atoms with E-state index in [2.05, 4.69) is 4.72 Å². The first kappa shape index (κ1) is 22.3. The molecular weight excluding hydrogens is 424 g/mol. The largest absolute Gasteiger partial charge is 0.495 e. The Bertz CT molecular complexity index is 1230. The zero-order chi connectivity index (χ0) is 22.7. The van der Waals surface area contributed by atoms with Gasteiger partial charge in [-0.05, 0) is 60.9 Å². The van der Waals surface area contributed by atoms with Crippen molar-refractivity contribution in [2.24, 2.45) is 0 Å². The Morgan fingerprint density at radius 1 is 1.03 bits per heavy atom. The molecular formula is C25H28N2O4S. The minimum absolute atomic E-state index is 0.00712. The quantitative estimate of drug-likeness (QED) is 0.562. The summed E-state index contributed by atoms with van der Waals surface area (Å²) in [7, 11) is -2.38. The van der Waals surface area contributed by atoms with Crippen LogP contribution in [0.15, 0.2) is 65.6 Å². The molecule has 0 heterocycles. The van der Waals surface area contributed by atoms with Gasteiger partial charge in [0.1, 0.15) is 10.6 Å². The molecule has 7 heteroatoms. The van der Waals surface area contributed by atoms with Gasteiger partial charge in [0.05, 0.1) is 7.11 Å². The number of nitrogens with one attached hydrogen (secondary N) is 1. The van der Waals surface area contributed by atoms with Crippen LogP contribution in [0.3, 0.4) is 0 Å². The van der Waals surface area contributed by atoms with Gasteiger partial charge in [-0.15, -0.1) is 0 Å². The van der Waals surface area contributed by atoms with Crippen LogP contribution in [0, 0.1) is 0 Å². The van der Waals surface area contributed by atoms with Gasteiger partial charge in [-0.25, -0.2) is 13.1 Å². The van der Waals surface area contributed by atoms with Crippen molar-refractivity contribution < 1.29 is 17.9 Å². The lowest BCUT2D eigenvalue weighted by atomic mass is 10.1. The number of benzene rings is 3. The summed E-state index contributed by atoms with van der Waals surface area (Å²) in [5.74, 6) is -0.0384. The van der Waals surface area contributed by atoms with Crippen LogP contribution >= 0.6 is 0 Å². The predicted octanol–water partition coefficient (Wildman–Crippen LogP) is 4.74. The third-order valence-electron chi connectivity index (χ3n) is 5.98. The minimum atomic E-state index is -3.81. The van der Waals surface area contributed by atoms with Crippen molar-refractivity contribution >= 4 is 32.4 Å². The molecule has 0 radical (unpaired) electrons. The number of hydrogen-bond donors (Lipinski definition) is 1. The molecule has 1 amide bonds. The molecule has 0 atom stereocenters. The smallest absolute Gasteiger partial charge is 0.258 e. The molecule has 1 aliphatic rings. The summed E-state index contributed by atoms with van der Waals surface area (Å²) in [6.45, 7) is 2.35. The molecule has 0 bridgehead atoms. The number of hydrogen-bond acceptors (Lipinski definition) is 4. The number of rotatable bonds is 7. The third-order valence-corrected chi connectivity index (χ3v) is 7.52. The summed E-state index contributed by atoms with van der Waals surface area (Å²) in [6, 6.07) is 18.3. The summed E-state index contributed by atoms with van der Waals surface area (Å²) >= 11 is 0. The number of methoxy groups -OCH3 is 1. The van der Waals surface area contributed by atoms with Crippen LogP contribution in [0.2, 0.25) is 0 Å². The highest BCUT2D eigenvalue weighted by atomic mass is 32.2. The van der Waals surface area contributed by atoms with Crippen molar-refractivity contribution in [3.63, 3.8) is 0 Å². The van der Waals surface area contributed by atoms with E-state index < -0.39 is 10.0 Å². The first-order valence-electron chi connectivity index (χ1n) is 10.9. The van der Waals surface area contributed by atoms with E-state index in [0.717, 1.165) is 42.1 Å². The van der Waals surface area contributed by atoms with Crippen LogP contribution in [-0.4, -0.2) is 34.0 Å².